The number of nitrogens with two attached hydrogens (primary N) is 1. The molecule has 1 unspecified atom stereocenters. The monoisotopic (exact) mass is 347 g/mol. The van der Waals surface area contributed by atoms with Crippen molar-refractivity contribution >= 4 is 26.7 Å². The third-order valence-corrected chi connectivity index (χ3v) is 4.16. The maximum Gasteiger partial charge on any atom is 0.145 e. The summed E-state index contributed by atoms with van der Waals surface area (Å²) < 4.78 is 28.5. The highest BCUT2D eigenvalue weighted by molar-refractivity contribution is 9.10. The number of halogens is 3. The first-order valence-corrected chi connectivity index (χ1v) is 7.25. The quantitative estimate of drug-likeness (QED) is 0.653. The van der Waals surface area contributed by atoms with Crippen LogP contribution >= 0.6 is 15.9 Å². The fraction of sp³-hybridized carbons (Fsp3) is 0.0588. The predicted molar refractivity (Wildman–Crippen MR) is 84.0 cm³/mol. The van der Waals surface area contributed by atoms with Gasteiger partial charge in [0, 0.05) is 5.56 Å². The van der Waals surface area contributed by atoms with Crippen molar-refractivity contribution in [3.05, 3.63) is 81.8 Å². The maximum atomic E-state index is 14.2. The number of fused-ring (bicyclic) bond motifs is 1. The first-order chi connectivity index (χ1) is 10.1. The zero-order valence-electron chi connectivity index (χ0n) is 11.0. The molecule has 0 bridgehead atoms. The van der Waals surface area contributed by atoms with Gasteiger partial charge in [0.25, 0.3) is 0 Å². The Bertz CT molecular complexity index is 812. The molecule has 0 aromatic heterocycles. The molecule has 3 aromatic rings. The van der Waals surface area contributed by atoms with Crippen LogP contribution in [0.3, 0.4) is 0 Å². The zero-order valence-corrected chi connectivity index (χ0v) is 12.6. The van der Waals surface area contributed by atoms with Crippen LogP contribution in [0.15, 0.2) is 59.1 Å². The Morgan fingerprint density at radius 3 is 2.43 bits per heavy atom. The molecule has 0 amide bonds. The highest BCUT2D eigenvalue weighted by Gasteiger charge is 2.21. The lowest BCUT2D eigenvalue weighted by Gasteiger charge is -2.17. The van der Waals surface area contributed by atoms with Crippen molar-refractivity contribution in [2.45, 2.75) is 6.04 Å². The Morgan fingerprint density at radius 2 is 1.62 bits per heavy atom. The van der Waals surface area contributed by atoms with Gasteiger partial charge in [0.2, 0.25) is 0 Å². The third-order valence-electron chi connectivity index (χ3n) is 3.55. The number of benzene rings is 3. The summed E-state index contributed by atoms with van der Waals surface area (Å²) in [5.74, 6) is -1.30. The summed E-state index contributed by atoms with van der Waals surface area (Å²) in [6, 6.07) is 14.9. The topological polar surface area (TPSA) is 26.0 Å². The van der Waals surface area contributed by atoms with Gasteiger partial charge in [-0.3, -0.25) is 0 Å². The molecule has 0 spiro atoms. The van der Waals surface area contributed by atoms with Gasteiger partial charge in [0.05, 0.1) is 10.5 Å². The Kier molecular flexibility index (Phi) is 3.74. The summed E-state index contributed by atoms with van der Waals surface area (Å²) in [6.07, 6.45) is 0. The fourth-order valence-electron chi connectivity index (χ4n) is 2.51. The summed E-state index contributed by atoms with van der Waals surface area (Å²) in [6.45, 7) is 0. The lowest BCUT2D eigenvalue weighted by atomic mass is 9.94. The largest absolute Gasteiger partial charge is 0.320 e. The molecule has 106 valence electrons. The normalized spacial score (nSPS) is 12.6. The van der Waals surface area contributed by atoms with Crippen molar-refractivity contribution in [1.82, 2.24) is 0 Å². The van der Waals surface area contributed by atoms with Crippen molar-refractivity contribution < 1.29 is 8.78 Å². The second-order valence-electron chi connectivity index (χ2n) is 4.80. The summed E-state index contributed by atoms with van der Waals surface area (Å²) in [4.78, 5) is 0. The molecule has 3 aromatic carbocycles. The SMILES string of the molecule is NC(c1c(F)ccc(Br)c1F)c1cccc2ccccc12. The standard InChI is InChI=1S/C17H12BrF2N/c18-13-8-9-14(19)15(16(13)20)17(21)12-7-3-5-10-4-1-2-6-11(10)12/h1-9,17H,21H2. The summed E-state index contributed by atoms with van der Waals surface area (Å²) >= 11 is 3.07. The minimum absolute atomic E-state index is 0.124. The van der Waals surface area contributed by atoms with Crippen molar-refractivity contribution in [3.8, 4) is 0 Å². The van der Waals surface area contributed by atoms with Crippen LogP contribution in [0.2, 0.25) is 0 Å². The molecule has 0 saturated carbocycles. The average Bonchev–Trinajstić information content (AvgIpc) is 2.50. The zero-order chi connectivity index (χ0) is 15.0. The third kappa shape index (κ3) is 2.45. The van der Waals surface area contributed by atoms with Gasteiger partial charge in [-0.15, -0.1) is 0 Å². The Morgan fingerprint density at radius 1 is 0.905 bits per heavy atom. The van der Waals surface area contributed by atoms with Crippen LogP contribution in [0.25, 0.3) is 10.8 Å². The van der Waals surface area contributed by atoms with Crippen LogP contribution in [0, 0.1) is 11.6 Å². The van der Waals surface area contributed by atoms with Crippen LogP contribution < -0.4 is 5.73 Å². The molecule has 2 N–H and O–H groups in total. The molecule has 21 heavy (non-hydrogen) atoms. The van der Waals surface area contributed by atoms with E-state index in [9.17, 15) is 8.78 Å². The second-order valence-corrected chi connectivity index (χ2v) is 5.66. The molecule has 1 atom stereocenters. The summed E-state index contributed by atoms with van der Waals surface area (Å²) in [7, 11) is 0. The minimum Gasteiger partial charge on any atom is -0.320 e. The van der Waals surface area contributed by atoms with Crippen LogP contribution in [0.1, 0.15) is 17.2 Å². The van der Waals surface area contributed by atoms with Gasteiger partial charge in [-0.05, 0) is 44.4 Å². The van der Waals surface area contributed by atoms with E-state index >= 15 is 0 Å². The van der Waals surface area contributed by atoms with E-state index in [1.807, 2.05) is 36.4 Å². The molecular formula is C17H12BrF2N. The minimum atomic E-state index is -0.867. The molecular weight excluding hydrogens is 336 g/mol. The van der Waals surface area contributed by atoms with Crippen LogP contribution in [0.5, 0.6) is 0 Å². The van der Waals surface area contributed by atoms with Gasteiger partial charge in [0.15, 0.2) is 0 Å². The van der Waals surface area contributed by atoms with E-state index in [0.29, 0.717) is 5.56 Å². The van der Waals surface area contributed by atoms with E-state index in [1.54, 1.807) is 6.07 Å². The van der Waals surface area contributed by atoms with E-state index in [1.165, 1.54) is 12.1 Å². The van der Waals surface area contributed by atoms with Crippen molar-refractivity contribution in [2.75, 3.05) is 0 Å². The average molecular weight is 348 g/mol. The van der Waals surface area contributed by atoms with Crippen molar-refractivity contribution in [3.63, 3.8) is 0 Å². The first-order valence-electron chi connectivity index (χ1n) is 6.46. The molecule has 0 heterocycles. The van der Waals surface area contributed by atoms with Gasteiger partial charge < -0.3 is 5.73 Å². The van der Waals surface area contributed by atoms with Crippen LogP contribution in [-0.4, -0.2) is 0 Å². The molecule has 1 nitrogen and oxygen atoms in total. The molecule has 0 fully saturated rings. The van der Waals surface area contributed by atoms with Gasteiger partial charge in [-0.2, -0.15) is 0 Å². The van der Waals surface area contributed by atoms with Crippen molar-refractivity contribution in [1.29, 1.82) is 0 Å². The number of rotatable bonds is 2. The van der Waals surface area contributed by atoms with Crippen LogP contribution in [0.4, 0.5) is 8.78 Å². The Labute approximate surface area is 129 Å². The highest BCUT2D eigenvalue weighted by Crippen LogP contribution is 2.32. The smallest absolute Gasteiger partial charge is 0.145 e. The van der Waals surface area contributed by atoms with E-state index in [2.05, 4.69) is 15.9 Å². The van der Waals surface area contributed by atoms with E-state index < -0.39 is 17.7 Å². The summed E-state index contributed by atoms with van der Waals surface area (Å²) in [5.41, 5.74) is 6.73. The van der Waals surface area contributed by atoms with E-state index in [0.717, 1.165) is 10.8 Å². The lowest BCUT2D eigenvalue weighted by Crippen LogP contribution is -2.16. The van der Waals surface area contributed by atoms with E-state index in [4.69, 9.17) is 5.73 Å². The number of hydrogen-bond donors (Lipinski definition) is 1. The van der Waals surface area contributed by atoms with Gasteiger partial charge >= 0.3 is 0 Å². The molecule has 3 rings (SSSR count). The van der Waals surface area contributed by atoms with Gasteiger partial charge in [-0.1, -0.05) is 42.5 Å². The molecule has 0 radical (unpaired) electrons. The fourth-order valence-corrected chi connectivity index (χ4v) is 2.85. The molecule has 0 aliphatic heterocycles. The number of hydrogen-bond acceptors (Lipinski definition) is 1. The molecule has 0 aliphatic carbocycles. The van der Waals surface area contributed by atoms with Gasteiger partial charge in [0.1, 0.15) is 11.6 Å². The molecule has 0 aliphatic rings. The Hall–Kier alpha value is -1.78. The van der Waals surface area contributed by atoms with E-state index in [-0.39, 0.29) is 10.0 Å². The highest BCUT2D eigenvalue weighted by atomic mass is 79.9. The second kappa shape index (κ2) is 5.54. The predicted octanol–water partition coefficient (Wildman–Crippen LogP) is 4.93. The van der Waals surface area contributed by atoms with Gasteiger partial charge in [-0.25, -0.2) is 8.78 Å². The first kappa shape index (κ1) is 14.2. The lowest BCUT2D eigenvalue weighted by molar-refractivity contribution is 0.540. The maximum absolute atomic E-state index is 14.2. The molecule has 4 heteroatoms. The summed E-state index contributed by atoms with van der Waals surface area (Å²) in [5, 5.41) is 1.88. The molecule has 0 saturated heterocycles. The van der Waals surface area contributed by atoms with Crippen molar-refractivity contribution in [2.24, 2.45) is 5.73 Å². The van der Waals surface area contributed by atoms with Crippen LogP contribution in [-0.2, 0) is 0 Å². The Balaban J connectivity index is 2.22.